The van der Waals surface area contributed by atoms with Crippen molar-refractivity contribution in [1.82, 2.24) is 0 Å². The van der Waals surface area contributed by atoms with E-state index in [-0.39, 0.29) is 6.42 Å². The van der Waals surface area contributed by atoms with E-state index in [4.69, 9.17) is 0 Å². The van der Waals surface area contributed by atoms with Crippen LogP contribution in [-0.4, -0.2) is 11.8 Å². The Kier molecular flexibility index (Phi) is 9.70. The third-order valence-corrected chi connectivity index (χ3v) is 2.37. The molecule has 0 atom stereocenters. The van der Waals surface area contributed by atoms with E-state index < -0.39 is 6.43 Å². The summed E-state index contributed by atoms with van der Waals surface area (Å²) < 4.78 is 23.3. The van der Waals surface area contributed by atoms with Gasteiger partial charge in [0, 0.05) is 11.8 Å². The highest BCUT2D eigenvalue weighted by molar-refractivity contribution is 9.09. The van der Waals surface area contributed by atoms with Crippen molar-refractivity contribution < 1.29 is 8.78 Å². The number of rotatable bonds is 8. The zero-order valence-corrected chi connectivity index (χ0v) is 8.95. The van der Waals surface area contributed by atoms with Crippen LogP contribution < -0.4 is 0 Å². The van der Waals surface area contributed by atoms with Gasteiger partial charge >= 0.3 is 0 Å². The van der Waals surface area contributed by atoms with Crippen LogP contribution in [-0.2, 0) is 0 Å². The Hall–Kier alpha value is 0.340. The van der Waals surface area contributed by atoms with E-state index >= 15 is 0 Å². The maximum Gasteiger partial charge on any atom is 0.238 e. The number of unbranched alkanes of at least 4 members (excludes halogenated alkanes) is 5. The first-order chi connectivity index (χ1) is 5.77. The van der Waals surface area contributed by atoms with E-state index in [0.29, 0.717) is 6.42 Å². The van der Waals surface area contributed by atoms with Gasteiger partial charge in [0.15, 0.2) is 0 Å². The van der Waals surface area contributed by atoms with Crippen LogP contribution in [0.4, 0.5) is 8.78 Å². The van der Waals surface area contributed by atoms with E-state index in [0.717, 1.165) is 18.2 Å². The molecule has 0 aliphatic heterocycles. The van der Waals surface area contributed by atoms with Gasteiger partial charge in [0.2, 0.25) is 6.43 Å². The van der Waals surface area contributed by atoms with Gasteiger partial charge in [-0.3, -0.25) is 0 Å². The van der Waals surface area contributed by atoms with Gasteiger partial charge in [-0.2, -0.15) is 0 Å². The van der Waals surface area contributed by atoms with Gasteiger partial charge in [0.1, 0.15) is 0 Å². The van der Waals surface area contributed by atoms with Crippen molar-refractivity contribution in [2.75, 3.05) is 5.33 Å². The van der Waals surface area contributed by atoms with Gasteiger partial charge < -0.3 is 0 Å². The molecule has 0 bridgehead atoms. The lowest BCUT2D eigenvalue weighted by atomic mass is 10.1. The lowest BCUT2D eigenvalue weighted by Crippen LogP contribution is -1.89. The normalized spacial score (nSPS) is 11.0. The van der Waals surface area contributed by atoms with Crippen LogP contribution in [0.3, 0.4) is 0 Å². The SMILES string of the molecule is FC(F)CCCCCCCCBr. The zero-order chi connectivity index (χ0) is 9.23. The molecule has 0 aliphatic carbocycles. The maximum absolute atomic E-state index is 11.7. The van der Waals surface area contributed by atoms with Crippen LogP contribution in [0.15, 0.2) is 0 Å². The third kappa shape index (κ3) is 10.3. The molecule has 0 aromatic carbocycles. The predicted molar refractivity (Wildman–Crippen MR) is 52.1 cm³/mol. The fraction of sp³-hybridized carbons (Fsp3) is 1.00. The van der Waals surface area contributed by atoms with Crippen LogP contribution >= 0.6 is 15.9 Å². The first kappa shape index (κ1) is 12.3. The molecule has 12 heavy (non-hydrogen) atoms. The number of alkyl halides is 3. The molecule has 0 aliphatic rings. The van der Waals surface area contributed by atoms with Gasteiger partial charge in [-0.05, 0) is 12.8 Å². The van der Waals surface area contributed by atoms with E-state index in [2.05, 4.69) is 15.9 Å². The monoisotopic (exact) mass is 242 g/mol. The lowest BCUT2D eigenvalue weighted by Gasteiger charge is -1.99. The minimum Gasteiger partial charge on any atom is -0.211 e. The molecular weight excluding hydrogens is 226 g/mol. The van der Waals surface area contributed by atoms with Crippen LogP contribution in [0.5, 0.6) is 0 Å². The molecule has 0 heterocycles. The summed E-state index contributed by atoms with van der Waals surface area (Å²) in [6.45, 7) is 0. The van der Waals surface area contributed by atoms with Crippen molar-refractivity contribution in [1.29, 1.82) is 0 Å². The summed E-state index contributed by atoms with van der Waals surface area (Å²) in [4.78, 5) is 0. The molecule has 0 aromatic heterocycles. The molecule has 0 N–H and O–H groups in total. The molecule has 0 saturated heterocycles. The van der Waals surface area contributed by atoms with Crippen LogP contribution in [0.25, 0.3) is 0 Å². The molecule has 0 saturated carbocycles. The minimum absolute atomic E-state index is 0.0818. The van der Waals surface area contributed by atoms with E-state index in [9.17, 15) is 8.78 Å². The largest absolute Gasteiger partial charge is 0.238 e. The molecule has 0 amide bonds. The Morgan fingerprint density at radius 2 is 1.33 bits per heavy atom. The number of hydrogen-bond acceptors (Lipinski definition) is 0. The summed E-state index contributed by atoms with van der Waals surface area (Å²) in [5, 5.41) is 1.06. The average Bonchev–Trinajstić information content (AvgIpc) is 2.02. The summed E-state index contributed by atoms with van der Waals surface area (Å²) in [5.41, 5.74) is 0. The minimum atomic E-state index is -2.10. The molecule has 3 heteroatoms. The predicted octanol–water partition coefficient (Wildman–Crippen LogP) is 4.38. The summed E-state index contributed by atoms with van der Waals surface area (Å²) in [6.07, 6.45) is 4.35. The maximum atomic E-state index is 11.7. The van der Waals surface area contributed by atoms with Crippen molar-refractivity contribution >= 4 is 15.9 Å². The van der Waals surface area contributed by atoms with Crippen molar-refractivity contribution in [3.63, 3.8) is 0 Å². The Balaban J connectivity index is 2.82. The van der Waals surface area contributed by atoms with Gasteiger partial charge in [-0.15, -0.1) is 0 Å². The number of hydrogen-bond donors (Lipinski definition) is 0. The second-order valence-electron chi connectivity index (χ2n) is 2.99. The van der Waals surface area contributed by atoms with Crippen molar-refractivity contribution in [2.24, 2.45) is 0 Å². The molecule has 0 spiro atoms. The quantitative estimate of drug-likeness (QED) is 0.438. The number of halogens is 3. The second-order valence-corrected chi connectivity index (χ2v) is 3.78. The van der Waals surface area contributed by atoms with Crippen LogP contribution in [0, 0.1) is 0 Å². The molecule has 0 radical (unpaired) electrons. The molecule has 0 rings (SSSR count). The average molecular weight is 243 g/mol. The highest BCUT2D eigenvalue weighted by Gasteiger charge is 2.00. The van der Waals surface area contributed by atoms with Crippen molar-refractivity contribution in [2.45, 2.75) is 51.4 Å². The highest BCUT2D eigenvalue weighted by Crippen LogP contribution is 2.11. The van der Waals surface area contributed by atoms with Crippen LogP contribution in [0.1, 0.15) is 44.9 Å². The standard InChI is InChI=1S/C9H17BrF2/c10-8-6-4-2-1-3-5-7-9(11)12/h9H,1-8H2. The van der Waals surface area contributed by atoms with Crippen molar-refractivity contribution in [3.8, 4) is 0 Å². The van der Waals surface area contributed by atoms with Crippen molar-refractivity contribution in [3.05, 3.63) is 0 Å². The second kappa shape index (κ2) is 9.43. The fourth-order valence-corrected chi connectivity index (χ4v) is 1.50. The molecule has 0 nitrogen and oxygen atoms in total. The van der Waals surface area contributed by atoms with Crippen LogP contribution in [0.2, 0.25) is 0 Å². The summed E-state index contributed by atoms with van der Waals surface area (Å²) in [7, 11) is 0. The topological polar surface area (TPSA) is 0 Å². The summed E-state index contributed by atoms with van der Waals surface area (Å²) >= 11 is 3.35. The Morgan fingerprint density at radius 1 is 0.833 bits per heavy atom. The first-order valence-electron chi connectivity index (χ1n) is 4.61. The molecule has 74 valence electrons. The molecule has 0 unspecified atom stereocenters. The van der Waals surface area contributed by atoms with Gasteiger partial charge in [0.05, 0.1) is 0 Å². The summed E-state index contributed by atoms with van der Waals surface area (Å²) in [5.74, 6) is 0. The molecule has 0 fully saturated rings. The Bertz CT molecular complexity index is 86.6. The summed E-state index contributed by atoms with van der Waals surface area (Å²) in [6, 6.07) is 0. The zero-order valence-electron chi connectivity index (χ0n) is 7.37. The van der Waals surface area contributed by atoms with Gasteiger partial charge in [-0.25, -0.2) is 8.78 Å². The fourth-order valence-electron chi connectivity index (χ4n) is 1.10. The smallest absolute Gasteiger partial charge is 0.211 e. The molecular formula is C9H17BrF2. The van der Waals surface area contributed by atoms with Gasteiger partial charge in [0.25, 0.3) is 0 Å². The Morgan fingerprint density at radius 3 is 1.83 bits per heavy atom. The third-order valence-electron chi connectivity index (χ3n) is 1.81. The lowest BCUT2D eigenvalue weighted by molar-refractivity contribution is 0.133. The Labute approximate surface area is 81.9 Å². The highest BCUT2D eigenvalue weighted by atomic mass is 79.9. The van der Waals surface area contributed by atoms with Gasteiger partial charge in [-0.1, -0.05) is 41.6 Å². The molecule has 0 aromatic rings. The van der Waals surface area contributed by atoms with E-state index in [1.807, 2.05) is 0 Å². The first-order valence-corrected chi connectivity index (χ1v) is 5.73. The van der Waals surface area contributed by atoms with E-state index in [1.165, 1.54) is 19.3 Å². The van der Waals surface area contributed by atoms with E-state index in [1.54, 1.807) is 0 Å².